The number of anilines is 1. The number of rotatable bonds is 7. The van der Waals surface area contributed by atoms with Crippen molar-refractivity contribution < 1.29 is 14.3 Å². The van der Waals surface area contributed by atoms with Gasteiger partial charge in [0.2, 0.25) is 0 Å². The van der Waals surface area contributed by atoms with Gasteiger partial charge < -0.3 is 19.9 Å². The lowest BCUT2D eigenvalue weighted by atomic mass is 10.1. The zero-order chi connectivity index (χ0) is 18.9. The monoisotopic (exact) mass is 362 g/mol. The van der Waals surface area contributed by atoms with Crippen LogP contribution in [0.15, 0.2) is 18.3 Å². The summed E-state index contributed by atoms with van der Waals surface area (Å²) in [5.41, 5.74) is 1.35. The Kier molecular flexibility index (Phi) is 7.69. The quantitative estimate of drug-likeness (QED) is 0.807. The number of nitrogens with zero attached hydrogens (tertiary/aromatic N) is 3. The maximum atomic E-state index is 12.5. The summed E-state index contributed by atoms with van der Waals surface area (Å²) < 4.78 is 5.04. The molecule has 1 saturated heterocycles. The van der Waals surface area contributed by atoms with Gasteiger partial charge in [-0.2, -0.15) is 0 Å². The highest BCUT2D eigenvalue weighted by Crippen LogP contribution is 2.18. The zero-order valence-electron chi connectivity index (χ0n) is 16.0. The summed E-state index contributed by atoms with van der Waals surface area (Å²) in [7, 11) is 1.81. The van der Waals surface area contributed by atoms with E-state index in [1.807, 2.05) is 26.1 Å². The summed E-state index contributed by atoms with van der Waals surface area (Å²) in [4.78, 5) is 31.9. The first-order valence-electron chi connectivity index (χ1n) is 9.44. The van der Waals surface area contributed by atoms with Gasteiger partial charge in [0.25, 0.3) is 5.91 Å². The number of hydrogen-bond donors (Lipinski definition) is 1. The van der Waals surface area contributed by atoms with E-state index in [9.17, 15) is 9.59 Å². The van der Waals surface area contributed by atoms with Crippen LogP contribution in [0, 0.1) is 0 Å². The number of unbranched alkanes of at least 4 members (excludes halogenated alkanes) is 1. The fourth-order valence-corrected chi connectivity index (χ4v) is 2.99. The van der Waals surface area contributed by atoms with Crippen LogP contribution in [0.1, 0.15) is 50.0 Å². The Morgan fingerprint density at radius 3 is 2.73 bits per heavy atom. The van der Waals surface area contributed by atoms with Crippen molar-refractivity contribution in [3.8, 4) is 0 Å². The molecule has 7 heteroatoms. The third-order valence-corrected chi connectivity index (χ3v) is 4.56. The second kappa shape index (κ2) is 9.99. The van der Waals surface area contributed by atoms with Crippen molar-refractivity contribution in [1.29, 1.82) is 0 Å². The molecule has 0 saturated carbocycles. The Balaban J connectivity index is 1.89. The third kappa shape index (κ3) is 5.61. The average molecular weight is 362 g/mol. The lowest BCUT2D eigenvalue weighted by molar-refractivity contribution is 0.0787. The molecule has 1 aromatic rings. The minimum absolute atomic E-state index is 0.0563. The van der Waals surface area contributed by atoms with Crippen LogP contribution in [0.3, 0.4) is 0 Å². The minimum atomic E-state index is -0.238. The molecule has 0 bridgehead atoms. The number of hydrogen-bond acceptors (Lipinski definition) is 5. The van der Waals surface area contributed by atoms with E-state index in [0.29, 0.717) is 25.4 Å². The van der Waals surface area contributed by atoms with E-state index >= 15 is 0 Å². The topological polar surface area (TPSA) is 74.8 Å². The van der Waals surface area contributed by atoms with Crippen LogP contribution in [0.5, 0.6) is 0 Å². The molecule has 0 radical (unpaired) electrons. The van der Waals surface area contributed by atoms with Gasteiger partial charge in [0.15, 0.2) is 0 Å². The van der Waals surface area contributed by atoms with Crippen molar-refractivity contribution >= 4 is 17.7 Å². The first-order chi connectivity index (χ1) is 12.5. The lowest BCUT2D eigenvalue weighted by Gasteiger charge is -2.32. The fourth-order valence-electron chi connectivity index (χ4n) is 2.99. The second-order valence-electron chi connectivity index (χ2n) is 6.61. The van der Waals surface area contributed by atoms with Crippen molar-refractivity contribution in [2.24, 2.45) is 0 Å². The number of pyridine rings is 1. The summed E-state index contributed by atoms with van der Waals surface area (Å²) in [6, 6.07) is 3.95. The Morgan fingerprint density at radius 2 is 2.08 bits per heavy atom. The second-order valence-corrected chi connectivity index (χ2v) is 6.61. The highest BCUT2D eigenvalue weighted by Gasteiger charge is 2.23. The van der Waals surface area contributed by atoms with E-state index in [1.165, 1.54) is 0 Å². The van der Waals surface area contributed by atoms with Crippen LogP contribution in [-0.2, 0) is 4.74 Å². The predicted molar refractivity (Wildman–Crippen MR) is 101 cm³/mol. The summed E-state index contributed by atoms with van der Waals surface area (Å²) in [6.45, 7) is 6.40. The molecule has 0 aromatic carbocycles. The summed E-state index contributed by atoms with van der Waals surface area (Å²) >= 11 is 0. The van der Waals surface area contributed by atoms with E-state index in [0.717, 1.165) is 37.9 Å². The van der Waals surface area contributed by atoms with Gasteiger partial charge in [-0.15, -0.1) is 0 Å². The minimum Gasteiger partial charge on any atom is -0.450 e. The summed E-state index contributed by atoms with van der Waals surface area (Å²) in [5, 5.41) is 3.46. The molecule has 0 atom stereocenters. The van der Waals surface area contributed by atoms with Crippen molar-refractivity contribution in [2.75, 3.05) is 38.6 Å². The molecule has 26 heavy (non-hydrogen) atoms. The van der Waals surface area contributed by atoms with Crippen molar-refractivity contribution in [2.45, 2.75) is 45.6 Å². The molecule has 0 unspecified atom stereocenters. The first-order valence-corrected chi connectivity index (χ1v) is 9.44. The number of aromatic nitrogens is 1. The molecule has 1 N–H and O–H groups in total. The molecule has 2 amide bonds. The van der Waals surface area contributed by atoms with E-state index in [1.54, 1.807) is 16.0 Å². The number of ether oxygens (including phenoxy) is 1. The fraction of sp³-hybridized carbons (Fsp3) is 0.632. The van der Waals surface area contributed by atoms with Gasteiger partial charge in [0.05, 0.1) is 6.61 Å². The molecule has 2 heterocycles. The summed E-state index contributed by atoms with van der Waals surface area (Å²) in [6.07, 6.45) is 5.16. The standard InChI is InChI=1S/C19H30N4O3/c1-4-6-11-22(3)18(24)17-14-16(7-10-20-17)21-15-8-12-23(13-9-15)19(25)26-5-2/h7,10,14-15H,4-6,8-9,11-13H2,1-3H3,(H,20,21). The normalized spacial score (nSPS) is 14.8. The van der Waals surface area contributed by atoms with Gasteiger partial charge in [-0.1, -0.05) is 13.3 Å². The van der Waals surface area contributed by atoms with E-state index in [4.69, 9.17) is 4.74 Å². The smallest absolute Gasteiger partial charge is 0.409 e. The molecule has 144 valence electrons. The molecule has 1 fully saturated rings. The van der Waals surface area contributed by atoms with Crippen molar-refractivity contribution in [1.82, 2.24) is 14.8 Å². The molecule has 2 rings (SSSR count). The van der Waals surface area contributed by atoms with Gasteiger partial charge in [0, 0.05) is 44.6 Å². The van der Waals surface area contributed by atoms with Gasteiger partial charge >= 0.3 is 6.09 Å². The maximum Gasteiger partial charge on any atom is 0.409 e. The van der Waals surface area contributed by atoms with Crippen LogP contribution in [0.2, 0.25) is 0 Å². The number of likely N-dealkylation sites (tertiary alicyclic amines) is 1. The van der Waals surface area contributed by atoms with E-state index in [-0.39, 0.29) is 18.0 Å². The third-order valence-electron chi connectivity index (χ3n) is 4.56. The van der Waals surface area contributed by atoms with Crippen LogP contribution in [0.25, 0.3) is 0 Å². The molecule has 1 aliphatic rings. The lowest BCUT2D eigenvalue weighted by Crippen LogP contribution is -2.42. The number of piperidine rings is 1. The number of nitrogens with one attached hydrogen (secondary N) is 1. The van der Waals surface area contributed by atoms with E-state index < -0.39 is 0 Å². The van der Waals surface area contributed by atoms with Crippen molar-refractivity contribution in [3.05, 3.63) is 24.0 Å². The molecule has 1 aliphatic heterocycles. The van der Waals surface area contributed by atoms with Gasteiger partial charge in [-0.3, -0.25) is 9.78 Å². The zero-order valence-corrected chi connectivity index (χ0v) is 16.0. The Bertz CT molecular complexity index is 600. The number of carbonyl (C=O) groups excluding carboxylic acids is 2. The molecular weight excluding hydrogens is 332 g/mol. The number of amides is 2. The van der Waals surface area contributed by atoms with Crippen LogP contribution in [-0.4, -0.2) is 66.1 Å². The SMILES string of the molecule is CCCCN(C)C(=O)c1cc(NC2CCN(C(=O)OCC)CC2)ccn1. The first kappa shape index (κ1) is 20.0. The molecule has 1 aromatic heterocycles. The molecule has 7 nitrogen and oxygen atoms in total. The van der Waals surface area contributed by atoms with Gasteiger partial charge in [0.1, 0.15) is 5.69 Å². The van der Waals surface area contributed by atoms with Gasteiger partial charge in [-0.25, -0.2) is 4.79 Å². The summed E-state index contributed by atoms with van der Waals surface area (Å²) in [5.74, 6) is -0.0563. The molecule has 0 aliphatic carbocycles. The highest BCUT2D eigenvalue weighted by atomic mass is 16.6. The largest absolute Gasteiger partial charge is 0.450 e. The van der Waals surface area contributed by atoms with Gasteiger partial charge in [-0.05, 0) is 38.3 Å². The average Bonchev–Trinajstić information content (AvgIpc) is 2.66. The van der Waals surface area contributed by atoms with Crippen LogP contribution in [0.4, 0.5) is 10.5 Å². The number of carbonyl (C=O) groups is 2. The Morgan fingerprint density at radius 1 is 1.35 bits per heavy atom. The van der Waals surface area contributed by atoms with E-state index in [2.05, 4.69) is 17.2 Å². The van der Waals surface area contributed by atoms with Crippen LogP contribution >= 0.6 is 0 Å². The Hall–Kier alpha value is -2.31. The predicted octanol–water partition coefficient (Wildman–Crippen LogP) is 2.99. The molecular formula is C19H30N4O3. The maximum absolute atomic E-state index is 12.5. The van der Waals surface area contributed by atoms with Crippen LogP contribution < -0.4 is 5.32 Å². The Labute approximate surface area is 155 Å². The van der Waals surface area contributed by atoms with Crippen molar-refractivity contribution in [3.63, 3.8) is 0 Å². The molecule has 0 spiro atoms. The highest BCUT2D eigenvalue weighted by molar-refractivity contribution is 5.92.